The summed E-state index contributed by atoms with van der Waals surface area (Å²) >= 11 is 0. The minimum atomic E-state index is 0.188. The maximum Gasteiger partial charge on any atom is 0.126 e. The van der Waals surface area contributed by atoms with Gasteiger partial charge in [0.1, 0.15) is 11.5 Å². The lowest BCUT2D eigenvalue weighted by Crippen LogP contribution is -2.55. The van der Waals surface area contributed by atoms with Crippen LogP contribution in [0.15, 0.2) is 12.1 Å². The van der Waals surface area contributed by atoms with Crippen molar-refractivity contribution in [2.24, 2.45) is 22.7 Å². The molecule has 1 aromatic carbocycles. The van der Waals surface area contributed by atoms with E-state index in [4.69, 9.17) is 4.74 Å². The van der Waals surface area contributed by atoms with Crippen molar-refractivity contribution in [3.63, 3.8) is 0 Å². The van der Waals surface area contributed by atoms with Gasteiger partial charge in [-0.05, 0) is 66.4 Å². The average molecular weight is 328 g/mol. The van der Waals surface area contributed by atoms with E-state index in [0.717, 1.165) is 18.1 Å². The Hall–Kier alpha value is -1.18. The van der Waals surface area contributed by atoms with Gasteiger partial charge in [-0.15, -0.1) is 0 Å². The van der Waals surface area contributed by atoms with Gasteiger partial charge >= 0.3 is 0 Å². The molecule has 0 saturated heterocycles. The van der Waals surface area contributed by atoms with Gasteiger partial charge in [0.25, 0.3) is 0 Å². The highest BCUT2D eigenvalue weighted by Crippen LogP contribution is 2.68. The molecule has 0 unspecified atom stereocenters. The molecule has 0 heterocycles. The third-order valence-corrected chi connectivity index (χ3v) is 8.18. The third kappa shape index (κ3) is 1.95. The van der Waals surface area contributed by atoms with E-state index in [-0.39, 0.29) is 5.41 Å². The van der Waals surface area contributed by atoms with Crippen LogP contribution in [0.4, 0.5) is 0 Å². The molecule has 2 nitrogen and oxygen atoms in total. The second-order valence-corrected chi connectivity index (χ2v) is 9.80. The Labute approximate surface area is 146 Å². The topological polar surface area (TPSA) is 29.5 Å². The molecule has 4 rings (SSSR count). The van der Waals surface area contributed by atoms with Crippen LogP contribution in [0.5, 0.6) is 11.5 Å². The number of phenols is 1. The summed E-state index contributed by atoms with van der Waals surface area (Å²) in [5.74, 6) is 2.71. The first kappa shape index (κ1) is 16.3. The van der Waals surface area contributed by atoms with Gasteiger partial charge in [-0.25, -0.2) is 0 Å². The van der Waals surface area contributed by atoms with E-state index in [2.05, 4.69) is 27.7 Å². The normalized spacial score (nSPS) is 39.7. The van der Waals surface area contributed by atoms with Crippen molar-refractivity contribution in [1.29, 1.82) is 0 Å². The highest BCUT2D eigenvalue weighted by molar-refractivity contribution is 5.54. The molecule has 2 saturated carbocycles. The second-order valence-electron chi connectivity index (χ2n) is 9.80. The molecule has 2 fully saturated rings. The van der Waals surface area contributed by atoms with E-state index < -0.39 is 0 Å². The summed E-state index contributed by atoms with van der Waals surface area (Å²) in [4.78, 5) is 0. The molecule has 2 heteroatoms. The molecule has 24 heavy (non-hydrogen) atoms. The molecule has 0 radical (unpaired) electrons. The molecule has 1 N–H and O–H groups in total. The zero-order valence-corrected chi connectivity index (χ0v) is 15.9. The van der Waals surface area contributed by atoms with E-state index in [0.29, 0.717) is 22.5 Å². The Morgan fingerprint density at radius 3 is 2.50 bits per heavy atom. The number of methoxy groups -OCH3 is 1. The molecule has 3 aliphatic rings. The standard InChI is InChI=1S/C22H32O2/c1-20(2)8-6-9-21(3)17(20)7-10-22(4)18(21)12-14-11-15(23)13-16(24-5)19(14)22/h11,13,17-18,23H,6-10,12H2,1-5H3/t17-,18-,21-,22-/m0/s1. The predicted molar refractivity (Wildman–Crippen MR) is 97.7 cm³/mol. The van der Waals surface area contributed by atoms with Crippen molar-refractivity contribution in [3.8, 4) is 11.5 Å². The van der Waals surface area contributed by atoms with Gasteiger partial charge in [-0.2, -0.15) is 0 Å². The molecule has 0 aromatic heterocycles. The Kier molecular flexibility index (Phi) is 3.34. The molecule has 0 amide bonds. The SMILES string of the molecule is COc1cc(O)cc2c1[C@@]1(C)CC[C@H]3C(C)(C)CCC[C@]3(C)[C@@H]1C2. The first-order chi connectivity index (χ1) is 11.2. The van der Waals surface area contributed by atoms with Crippen LogP contribution >= 0.6 is 0 Å². The summed E-state index contributed by atoms with van der Waals surface area (Å²) in [7, 11) is 1.74. The van der Waals surface area contributed by atoms with Gasteiger partial charge < -0.3 is 9.84 Å². The molecule has 0 aliphatic heterocycles. The van der Waals surface area contributed by atoms with Crippen molar-refractivity contribution in [3.05, 3.63) is 23.3 Å². The molecule has 1 aromatic rings. The summed E-state index contributed by atoms with van der Waals surface area (Å²) in [5, 5.41) is 10.1. The van der Waals surface area contributed by atoms with E-state index in [1.54, 1.807) is 7.11 Å². The average Bonchev–Trinajstić information content (AvgIpc) is 2.79. The highest BCUT2D eigenvalue weighted by Gasteiger charge is 2.61. The van der Waals surface area contributed by atoms with Crippen LogP contribution in [0, 0.1) is 22.7 Å². The molecule has 0 spiro atoms. The lowest BCUT2D eigenvalue weighted by Gasteiger charge is -2.61. The van der Waals surface area contributed by atoms with Crippen LogP contribution < -0.4 is 4.74 Å². The fraction of sp³-hybridized carbons (Fsp3) is 0.727. The fourth-order valence-electron chi connectivity index (χ4n) is 7.25. The number of aromatic hydroxyl groups is 1. The number of ether oxygens (including phenoxy) is 1. The molecular weight excluding hydrogens is 296 g/mol. The number of hydrogen-bond acceptors (Lipinski definition) is 2. The lowest BCUT2D eigenvalue weighted by atomic mass is 9.43. The predicted octanol–water partition coefficient (Wildman–Crippen LogP) is 5.46. The van der Waals surface area contributed by atoms with Crippen molar-refractivity contribution in [2.45, 2.75) is 71.6 Å². The smallest absolute Gasteiger partial charge is 0.126 e. The first-order valence-electron chi connectivity index (χ1n) is 9.63. The molecular formula is C22H32O2. The van der Waals surface area contributed by atoms with Crippen molar-refractivity contribution < 1.29 is 9.84 Å². The zero-order chi connectivity index (χ0) is 17.3. The lowest BCUT2D eigenvalue weighted by molar-refractivity contribution is -0.0984. The van der Waals surface area contributed by atoms with Crippen LogP contribution in [0.1, 0.15) is 70.9 Å². The summed E-state index contributed by atoms with van der Waals surface area (Å²) in [6.45, 7) is 10.0. The second kappa shape index (κ2) is 4.93. The van der Waals surface area contributed by atoms with Crippen molar-refractivity contribution in [2.75, 3.05) is 7.11 Å². The molecule has 0 bridgehead atoms. The van der Waals surface area contributed by atoms with E-state index in [1.165, 1.54) is 43.2 Å². The Bertz CT molecular complexity index is 677. The van der Waals surface area contributed by atoms with Crippen molar-refractivity contribution in [1.82, 2.24) is 0 Å². The number of fused-ring (bicyclic) bond motifs is 5. The van der Waals surface area contributed by atoms with Crippen LogP contribution in [0.2, 0.25) is 0 Å². The van der Waals surface area contributed by atoms with Gasteiger partial charge in [-0.1, -0.05) is 34.1 Å². The number of rotatable bonds is 1. The number of benzene rings is 1. The van der Waals surface area contributed by atoms with Crippen LogP contribution in [-0.4, -0.2) is 12.2 Å². The molecule has 4 atom stereocenters. The van der Waals surface area contributed by atoms with Gasteiger partial charge in [0.2, 0.25) is 0 Å². The van der Waals surface area contributed by atoms with Gasteiger partial charge in [-0.3, -0.25) is 0 Å². The van der Waals surface area contributed by atoms with E-state index >= 15 is 0 Å². The summed E-state index contributed by atoms with van der Waals surface area (Å²) in [6.07, 6.45) is 7.73. The summed E-state index contributed by atoms with van der Waals surface area (Å²) < 4.78 is 5.70. The number of phenolic OH excluding ortho intramolecular Hbond substituents is 1. The van der Waals surface area contributed by atoms with Crippen LogP contribution in [-0.2, 0) is 11.8 Å². The Morgan fingerprint density at radius 2 is 1.79 bits per heavy atom. The zero-order valence-electron chi connectivity index (χ0n) is 15.9. The fourth-order valence-corrected chi connectivity index (χ4v) is 7.25. The van der Waals surface area contributed by atoms with Gasteiger partial charge in [0, 0.05) is 17.0 Å². The van der Waals surface area contributed by atoms with E-state index in [9.17, 15) is 5.11 Å². The third-order valence-electron chi connectivity index (χ3n) is 8.18. The highest BCUT2D eigenvalue weighted by atomic mass is 16.5. The number of hydrogen-bond donors (Lipinski definition) is 1. The monoisotopic (exact) mass is 328 g/mol. The minimum Gasteiger partial charge on any atom is -0.508 e. The largest absolute Gasteiger partial charge is 0.508 e. The Morgan fingerprint density at radius 1 is 1.04 bits per heavy atom. The van der Waals surface area contributed by atoms with Gasteiger partial charge in [0.15, 0.2) is 0 Å². The minimum absolute atomic E-state index is 0.188. The van der Waals surface area contributed by atoms with Gasteiger partial charge in [0.05, 0.1) is 7.11 Å². The molecule has 132 valence electrons. The Balaban J connectivity index is 1.84. The van der Waals surface area contributed by atoms with Crippen molar-refractivity contribution >= 4 is 0 Å². The maximum atomic E-state index is 10.1. The quantitative estimate of drug-likeness (QED) is 0.742. The van der Waals surface area contributed by atoms with Crippen LogP contribution in [0.25, 0.3) is 0 Å². The maximum absolute atomic E-state index is 10.1. The summed E-state index contributed by atoms with van der Waals surface area (Å²) in [5.41, 5.74) is 3.75. The first-order valence-corrected chi connectivity index (χ1v) is 9.63. The molecule has 3 aliphatic carbocycles. The van der Waals surface area contributed by atoms with Crippen LogP contribution in [0.3, 0.4) is 0 Å². The van der Waals surface area contributed by atoms with E-state index in [1.807, 2.05) is 12.1 Å². The summed E-state index contributed by atoms with van der Waals surface area (Å²) in [6, 6.07) is 3.81.